The summed E-state index contributed by atoms with van der Waals surface area (Å²) in [5, 5.41) is 18.1. The normalized spacial score (nSPS) is 20.6. The van der Waals surface area contributed by atoms with Gasteiger partial charge >= 0.3 is 0 Å². The predicted molar refractivity (Wildman–Crippen MR) is 66.8 cm³/mol. The van der Waals surface area contributed by atoms with Crippen LogP contribution in [0.1, 0.15) is 25.0 Å². The summed E-state index contributed by atoms with van der Waals surface area (Å²) in [6, 6.07) is 3.93. The Kier molecular flexibility index (Phi) is 4.34. The average molecular weight is 236 g/mol. The third-order valence-electron chi connectivity index (χ3n) is 3.38. The highest BCUT2D eigenvalue weighted by Crippen LogP contribution is 2.24. The van der Waals surface area contributed by atoms with E-state index in [2.05, 4.69) is 9.88 Å². The Morgan fingerprint density at radius 3 is 3.06 bits per heavy atom. The Balaban J connectivity index is 2.05. The van der Waals surface area contributed by atoms with Crippen molar-refractivity contribution in [3.8, 4) is 0 Å². The number of hydrogen-bond donors (Lipinski definition) is 2. The number of aromatic nitrogens is 1. The number of aliphatic hydroxyl groups excluding tert-OH is 2. The molecule has 1 aromatic heterocycles. The van der Waals surface area contributed by atoms with E-state index in [1.54, 1.807) is 6.20 Å². The van der Waals surface area contributed by atoms with Gasteiger partial charge in [-0.2, -0.15) is 0 Å². The first kappa shape index (κ1) is 12.3. The lowest BCUT2D eigenvalue weighted by atomic mass is 9.95. The maximum absolute atomic E-state index is 9.08. The van der Waals surface area contributed by atoms with Crippen molar-refractivity contribution >= 4 is 5.69 Å². The lowest BCUT2D eigenvalue weighted by Crippen LogP contribution is -2.35. The standard InChI is InChI=1S/C13H20N2O2/c16-7-4-11-2-1-6-15(9-11)13-3-5-14-12(8-13)10-17/h3,5,8,11,16-17H,1-2,4,6-7,9-10H2. The fourth-order valence-corrected chi connectivity index (χ4v) is 2.47. The summed E-state index contributed by atoms with van der Waals surface area (Å²) in [5.74, 6) is 0.583. The molecule has 17 heavy (non-hydrogen) atoms. The third-order valence-corrected chi connectivity index (χ3v) is 3.38. The van der Waals surface area contributed by atoms with Gasteiger partial charge in [-0.05, 0) is 37.3 Å². The molecule has 0 radical (unpaired) electrons. The molecule has 2 N–H and O–H groups in total. The summed E-state index contributed by atoms with van der Waals surface area (Å²) in [6.07, 6.45) is 5.00. The van der Waals surface area contributed by atoms with Gasteiger partial charge < -0.3 is 15.1 Å². The van der Waals surface area contributed by atoms with Crippen molar-refractivity contribution in [3.63, 3.8) is 0 Å². The first-order valence-corrected chi connectivity index (χ1v) is 6.25. The molecule has 0 bridgehead atoms. The molecule has 1 unspecified atom stereocenters. The quantitative estimate of drug-likeness (QED) is 0.824. The third kappa shape index (κ3) is 3.17. The first-order chi connectivity index (χ1) is 8.33. The van der Waals surface area contributed by atoms with Crippen LogP contribution in [0.4, 0.5) is 5.69 Å². The molecule has 1 aliphatic heterocycles. The molecule has 94 valence electrons. The van der Waals surface area contributed by atoms with Gasteiger partial charge in [0, 0.05) is 31.6 Å². The van der Waals surface area contributed by atoms with Gasteiger partial charge in [0.05, 0.1) is 12.3 Å². The molecule has 4 nitrogen and oxygen atoms in total. The van der Waals surface area contributed by atoms with E-state index >= 15 is 0 Å². The van der Waals surface area contributed by atoms with Crippen molar-refractivity contribution in [1.29, 1.82) is 0 Å². The van der Waals surface area contributed by atoms with Gasteiger partial charge in [0.1, 0.15) is 0 Å². The maximum atomic E-state index is 9.08. The lowest BCUT2D eigenvalue weighted by molar-refractivity contribution is 0.244. The minimum absolute atomic E-state index is 0.0122. The highest BCUT2D eigenvalue weighted by molar-refractivity contribution is 5.46. The highest BCUT2D eigenvalue weighted by atomic mass is 16.3. The Hall–Kier alpha value is -1.13. The molecule has 1 saturated heterocycles. The van der Waals surface area contributed by atoms with Gasteiger partial charge in [0.25, 0.3) is 0 Å². The minimum atomic E-state index is -0.0122. The van der Waals surface area contributed by atoms with E-state index in [9.17, 15) is 0 Å². The van der Waals surface area contributed by atoms with Gasteiger partial charge in [-0.15, -0.1) is 0 Å². The van der Waals surface area contributed by atoms with Crippen LogP contribution in [0.3, 0.4) is 0 Å². The van der Waals surface area contributed by atoms with Gasteiger partial charge in [0.15, 0.2) is 0 Å². The van der Waals surface area contributed by atoms with Crippen molar-refractivity contribution in [1.82, 2.24) is 4.98 Å². The van der Waals surface area contributed by atoms with Crippen molar-refractivity contribution in [2.45, 2.75) is 25.9 Å². The smallest absolute Gasteiger partial charge is 0.0853 e. The Bertz CT molecular complexity index is 355. The molecular weight excluding hydrogens is 216 g/mol. The van der Waals surface area contributed by atoms with Crippen LogP contribution in [0.5, 0.6) is 0 Å². The average Bonchev–Trinajstić information content (AvgIpc) is 2.40. The number of piperidine rings is 1. The highest BCUT2D eigenvalue weighted by Gasteiger charge is 2.19. The largest absolute Gasteiger partial charge is 0.396 e. The first-order valence-electron chi connectivity index (χ1n) is 6.25. The molecule has 0 amide bonds. The molecule has 0 aliphatic carbocycles. The van der Waals surface area contributed by atoms with Crippen molar-refractivity contribution in [2.75, 3.05) is 24.6 Å². The molecule has 0 aromatic carbocycles. The van der Waals surface area contributed by atoms with Crippen LogP contribution >= 0.6 is 0 Å². The van der Waals surface area contributed by atoms with Crippen LogP contribution in [0.25, 0.3) is 0 Å². The van der Waals surface area contributed by atoms with Gasteiger partial charge in [0.2, 0.25) is 0 Å². The number of rotatable bonds is 4. The van der Waals surface area contributed by atoms with Gasteiger partial charge in [-0.25, -0.2) is 0 Å². The molecule has 2 rings (SSSR count). The summed E-state index contributed by atoms with van der Waals surface area (Å²) >= 11 is 0. The fraction of sp³-hybridized carbons (Fsp3) is 0.615. The summed E-state index contributed by atoms with van der Waals surface area (Å²) in [4.78, 5) is 6.42. The van der Waals surface area contributed by atoms with E-state index < -0.39 is 0 Å². The van der Waals surface area contributed by atoms with E-state index in [1.165, 1.54) is 12.8 Å². The number of anilines is 1. The van der Waals surface area contributed by atoms with Crippen molar-refractivity contribution < 1.29 is 10.2 Å². The number of nitrogens with zero attached hydrogens (tertiary/aromatic N) is 2. The second-order valence-corrected chi connectivity index (χ2v) is 4.63. The summed E-state index contributed by atoms with van der Waals surface area (Å²) in [5.41, 5.74) is 1.85. The van der Waals surface area contributed by atoms with Crippen LogP contribution in [0.2, 0.25) is 0 Å². The van der Waals surface area contributed by atoms with Crippen LogP contribution in [0, 0.1) is 5.92 Å². The Morgan fingerprint density at radius 2 is 2.29 bits per heavy atom. The van der Waals surface area contributed by atoms with E-state index in [1.807, 2.05) is 12.1 Å². The summed E-state index contributed by atoms with van der Waals surface area (Å²) in [6.45, 7) is 2.31. The molecule has 0 spiro atoms. The zero-order chi connectivity index (χ0) is 12.1. The van der Waals surface area contributed by atoms with E-state index in [0.29, 0.717) is 11.6 Å². The number of pyridine rings is 1. The van der Waals surface area contributed by atoms with Crippen LogP contribution in [-0.2, 0) is 6.61 Å². The van der Waals surface area contributed by atoms with Gasteiger partial charge in [-0.1, -0.05) is 0 Å². The molecule has 0 saturated carbocycles. The van der Waals surface area contributed by atoms with Crippen LogP contribution in [0.15, 0.2) is 18.3 Å². The lowest BCUT2D eigenvalue weighted by Gasteiger charge is -2.34. The maximum Gasteiger partial charge on any atom is 0.0853 e. The predicted octanol–water partition coefficient (Wildman–Crippen LogP) is 1.17. The molecule has 1 fully saturated rings. The van der Waals surface area contributed by atoms with Crippen LogP contribution in [-0.4, -0.2) is 34.9 Å². The zero-order valence-electron chi connectivity index (χ0n) is 10.0. The molecule has 1 aromatic rings. The van der Waals surface area contributed by atoms with Crippen molar-refractivity contribution in [3.05, 3.63) is 24.0 Å². The topological polar surface area (TPSA) is 56.6 Å². The molecule has 1 atom stereocenters. The number of aliphatic hydroxyl groups is 2. The Morgan fingerprint density at radius 1 is 1.41 bits per heavy atom. The summed E-state index contributed by atoms with van der Waals surface area (Å²) < 4.78 is 0. The second kappa shape index (κ2) is 5.98. The van der Waals surface area contributed by atoms with E-state index in [-0.39, 0.29) is 13.2 Å². The van der Waals surface area contributed by atoms with E-state index in [4.69, 9.17) is 10.2 Å². The molecule has 1 aliphatic rings. The molecule has 4 heteroatoms. The van der Waals surface area contributed by atoms with Crippen molar-refractivity contribution in [2.24, 2.45) is 5.92 Å². The zero-order valence-corrected chi connectivity index (χ0v) is 10.0. The molecular formula is C13H20N2O2. The fourth-order valence-electron chi connectivity index (χ4n) is 2.47. The SMILES string of the molecule is OCCC1CCCN(c2ccnc(CO)c2)C1. The van der Waals surface area contributed by atoms with E-state index in [0.717, 1.165) is 25.2 Å². The monoisotopic (exact) mass is 236 g/mol. The Labute approximate surface area is 102 Å². The minimum Gasteiger partial charge on any atom is -0.396 e. The number of hydrogen-bond acceptors (Lipinski definition) is 4. The second-order valence-electron chi connectivity index (χ2n) is 4.63. The summed E-state index contributed by atoms with van der Waals surface area (Å²) in [7, 11) is 0. The van der Waals surface area contributed by atoms with Gasteiger partial charge in [-0.3, -0.25) is 4.98 Å². The van der Waals surface area contributed by atoms with Crippen LogP contribution < -0.4 is 4.90 Å². The molecule has 2 heterocycles.